The van der Waals surface area contributed by atoms with Crippen LogP contribution in [0.5, 0.6) is 5.75 Å². The van der Waals surface area contributed by atoms with Crippen molar-refractivity contribution in [1.82, 2.24) is 5.32 Å². The fraction of sp³-hybridized carbons (Fsp3) is 0.571. The van der Waals surface area contributed by atoms with Crippen molar-refractivity contribution in [3.63, 3.8) is 0 Å². The van der Waals surface area contributed by atoms with Gasteiger partial charge in [-0.25, -0.2) is 0 Å². The van der Waals surface area contributed by atoms with Crippen molar-refractivity contribution in [3.05, 3.63) is 27.3 Å². The Labute approximate surface area is 108 Å². The molecule has 1 aliphatic carbocycles. The quantitative estimate of drug-likeness (QED) is 0.887. The van der Waals surface area contributed by atoms with Crippen LogP contribution < -0.4 is 10.1 Å². The van der Waals surface area contributed by atoms with Crippen molar-refractivity contribution in [2.45, 2.75) is 46.2 Å². The number of benzene rings is 1. The molecule has 17 heavy (non-hydrogen) atoms. The van der Waals surface area contributed by atoms with Crippen LogP contribution in [0, 0.1) is 20.8 Å². The minimum absolute atomic E-state index is 0.694. The number of halogens is 1. The molecule has 1 aromatic carbocycles. The molecule has 0 heterocycles. The Morgan fingerprint density at radius 2 is 1.82 bits per heavy atom. The first-order valence-electron chi connectivity index (χ1n) is 6.11. The molecule has 1 saturated carbocycles. The van der Waals surface area contributed by atoms with Gasteiger partial charge in [0.15, 0.2) is 0 Å². The van der Waals surface area contributed by atoms with Crippen LogP contribution >= 0.6 is 11.6 Å². The molecule has 0 bridgehead atoms. The lowest BCUT2D eigenvalue weighted by Gasteiger charge is -2.19. The highest BCUT2D eigenvalue weighted by atomic mass is 35.5. The molecular weight excluding hydrogens is 234 g/mol. The minimum atomic E-state index is 0.694. The summed E-state index contributed by atoms with van der Waals surface area (Å²) in [6.07, 6.45) is 2.58. The summed E-state index contributed by atoms with van der Waals surface area (Å²) in [5.41, 5.74) is 4.61. The molecule has 0 spiro atoms. The maximum atomic E-state index is 6.36. The van der Waals surface area contributed by atoms with E-state index in [4.69, 9.17) is 16.3 Å². The Balaban J connectivity index is 2.38. The van der Waals surface area contributed by atoms with Gasteiger partial charge >= 0.3 is 0 Å². The van der Waals surface area contributed by atoms with Gasteiger partial charge in [-0.3, -0.25) is 0 Å². The van der Waals surface area contributed by atoms with E-state index in [1.165, 1.54) is 18.4 Å². The van der Waals surface area contributed by atoms with E-state index in [1.807, 2.05) is 6.92 Å². The SMILES string of the molecule is COc1c(C)c(C)c(Cl)c(C)c1CNC1CC1. The number of rotatable bonds is 4. The summed E-state index contributed by atoms with van der Waals surface area (Å²) in [7, 11) is 1.73. The zero-order valence-electron chi connectivity index (χ0n) is 11.0. The molecule has 1 aliphatic rings. The largest absolute Gasteiger partial charge is 0.496 e. The molecular formula is C14H20ClNO. The molecule has 1 N–H and O–H groups in total. The molecule has 0 aromatic heterocycles. The normalized spacial score (nSPS) is 15.1. The Kier molecular flexibility index (Phi) is 3.64. The first-order valence-corrected chi connectivity index (χ1v) is 6.49. The highest BCUT2D eigenvalue weighted by Gasteiger charge is 2.22. The monoisotopic (exact) mass is 253 g/mol. The van der Waals surface area contributed by atoms with Crippen molar-refractivity contribution >= 4 is 11.6 Å². The first kappa shape index (κ1) is 12.7. The van der Waals surface area contributed by atoms with Gasteiger partial charge in [0.1, 0.15) is 5.75 Å². The molecule has 3 heteroatoms. The zero-order valence-corrected chi connectivity index (χ0v) is 11.7. The fourth-order valence-electron chi connectivity index (χ4n) is 2.17. The summed E-state index contributed by atoms with van der Waals surface area (Å²) < 4.78 is 5.55. The maximum Gasteiger partial charge on any atom is 0.126 e. The highest BCUT2D eigenvalue weighted by Crippen LogP contribution is 2.36. The predicted molar refractivity (Wildman–Crippen MR) is 72.1 cm³/mol. The standard InChI is InChI=1S/C14H20ClNO/c1-8-9(2)14(17-4)12(10(3)13(8)15)7-16-11-5-6-11/h11,16H,5-7H2,1-4H3. The minimum Gasteiger partial charge on any atom is -0.496 e. The molecule has 0 saturated heterocycles. The lowest BCUT2D eigenvalue weighted by Crippen LogP contribution is -2.17. The van der Waals surface area contributed by atoms with Crippen LogP contribution in [0.2, 0.25) is 5.02 Å². The summed E-state index contributed by atoms with van der Waals surface area (Å²) >= 11 is 6.36. The van der Waals surface area contributed by atoms with Crippen LogP contribution in [0.1, 0.15) is 35.1 Å². The van der Waals surface area contributed by atoms with E-state index >= 15 is 0 Å². The second-order valence-electron chi connectivity index (χ2n) is 4.86. The Hall–Kier alpha value is -0.730. The number of hydrogen-bond acceptors (Lipinski definition) is 2. The van der Waals surface area contributed by atoms with Crippen molar-refractivity contribution in [1.29, 1.82) is 0 Å². The van der Waals surface area contributed by atoms with Crippen LogP contribution in [0.25, 0.3) is 0 Å². The summed E-state index contributed by atoms with van der Waals surface area (Å²) in [5, 5.41) is 4.39. The van der Waals surface area contributed by atoms with Gasteiger partial charge in [-0.1, -0.05) is 11.6 Å². The van der Waals surface area contributed by atoms with Crippen molar-refractivity contribution < 1.29 is 4.74 Å². The summed E-state index contributed by atoms with van der Waals surface area (Å²) in [5.74, 6) is 0.984. The van der Waals surface area contributed by atoms with E-state index in [-0.39, 0.29) is 0 Å². The van der Waals surface area contributed by atoms with Crippen LogP contribution in [0.4, 0.5) is 0 Å². The van der Waals surface area contributed by atoms with E-state index in [0.717, 1.165) is 34.0 Å². The van der Waals surface area contributed by atoms with Gasteiger partial charge in [0.2, 0.25) is 0 Å². The third-order valence-electron chi connectivity index (χ3n) is 3.64. The number of hydrogen-bond donors (Lipinski definition) is 1. The fourth-order valence-corrected chi connectivity index (χ4v) is 2.42. The van der Waals surface area contributed by atoms with Gasteiger partial charge in [-0.05, 0) is 50.3 Å². The highest BCUT2D eigenvalue weighted by molar-refractivity contribution is 6.32. The van der Waals surface area contributed by atoms with Crippen molar-refractivity contribution in [2.24, 2.45) is 0 Å². The smallest absolute Gasteiger partial charge is 0.126 e. The van der Waals surface area contributed by atoms with Crippen molar-refractivity contribution in [2.75, 3.05) is 7.11 Å². The zero-order chi connectivity index (χ0) is 12.6. The lowest BCUT2D eigenvalue weighted by atomic mass is 9.98. The molecule has 0 unspecified atom stereocenters. The van der Waals surface area contributed by atoms with Gasteiger partial charge < -0.3 is 10.1 Å². The lowest BCUT2D eigenvalue weighted by molar-refractivity contribution is 0.403. The Morgan fingerprint density at radius 1 is 1.18 bits per heavy atom. The number of methoxy groups -OCH3 is 1. The van der Waals surface area contributed by atoms with Crippen molar-refractivity contribution in [3.8, 4) is 5.75 Å². The van der Waals surface area contributed by atoms with Gasteiger partial charge in [0.05, 0.1) is 7.11 Å². The summed E-state index contributed by atoms with van der Waals surface area (Å²) in [6, 6.07) is 0.694. The van der Waals surface area contributed by atoms with Gasteiger partial charge in [0, 0.05) is 23.2 Å². The molecule has 1 aromatic rings. The van der Waals surface area contributed by atoms with E-state index in [2.05, 4.69) is 19.2 Å². The summed E-state index contributed by atoms with van der Waals surface area (Å²) in [4.78, 5) is 0. The second-order valence-corrected chi connectivity index (χ2v) is 5.23. The molecule has 2 rings (SSSR count). The van der Waals surface area contributed by atoms with E-state index in [0.29, 0.717) is 6.04 Å². The molecule has 0 amide bonds. The molecule has 0 atom stereocenters. The molecule has 0 aliphatic heterocycles. The molecule has 2 nitrogen and oxygen atoms in total. The predicted octanol–water partition coefficient (Wildman–Crippen LogP) is 3.53. The maximum absolute atomic E-state index is 6.36. The van der Waals surface area contributed by atoms with Crippen LogP contribution in [-0.2, 0) is 6.54 Å². The average Bonchev–Trinajstić information content (AvgIpc) is 3.13. The van der Waals surface area contributed by atoms with Crippen LogP contribution in [0.15, 0.2) is 0 Å². The molecule has 0 radical (unpaired) electrons. The number of ether oxygens (including phenoxy) is 1. The number of nitrogens with one attached hydrogen (secondary N) is 1. The van der Waals surface area contributed by atoms with Gasteiger partial charge in [-0.15, -0.1) is 0 Å². The van der Waals surface area contributed by atoms with Gasteiger partial charge in [-0.2, -0.15) is 0 Å². The second kappa shape index (κ2) is 4.87. The topological polar surface area (TPSA) is 21.3 Å². The Morgan fingerprint density at radius 3 is 2.35 bits per heavy atom. The third-order valence-corrected chi connectivity index (χ3v) is 4.20. The van der Waals surface area contributed by atoms with Gasteiger partial charge in [0.25, 0.3) is 0 Å². The summed E-state index contributed by atoms with van der Waals surface area (Å²) in [6.45, 7) is 7.03. The van der Waals surface area contributed by atoms with E-state index in [1.54, 1.807) is 7.11 Å². The average molecular weight is 254 g/mol. The molecule has 94 valence electrons. The van der Waals surface area contributed by atoms with E-state index in [9.17, 15) is 0 Å². The Bertz CT molecular complexity index is 439. The van der Waals surface area contributed by atoms with E-state index < -0.39 is 0 Å². The third kappa shape index (κ3) is 2.43. The first-order chi connectivity index (χ1) is 8.06. The molecule has 1 fully saturated rings. The van der Waals surface area contributed by atoms with Crippen LogP contribution in [-0.4, -0.2) is 13.2 Å². The van der Waals surface area contributed by atoms with Crippen LogP contribution in [0.3, 0.4) is 0 Å².